The second kappa shape index (κ2) is 7.70. The van der Waals surface area contributed by atoms with Crippen LogP contribution >= 0.6 is 0 Å². The first-order valence-corrected chi connectivity index (χ1v) is 10.5. The van der Waals surface area contributed by atoms with E-state index in [-0.39, 0.29) is 11.1 Å². The molecule has 0 bridgehead atoms. The molecule has 1 aliphatic heterocycles. The molecule has 2 fully saturated rings. The topological polar surface area (TPSA) is 117 Å². The average Bonchev–Trinajstić information content (AvgIpc) is 3.28. The zero-order valence-electron chi connectivity index (χ0n) is 18.1. The van der Waals surface area contributed by atoms with Gasteiger partial charge in [-0.15, -0.1) is 0 Å². The molecule has 9 nitrogen and oxygen atoms in total. The number of fused-ring (bicyclic) bond motifs is 1. The summed E-state index contributed by atoms with van der Waals surface area (Å²) in [6, 6.07) is 15.9. The number of H-pyrrole nitrogens is 1. The predicted octanol–water partition coefficient (Wildman–Crippen LogP) is 2.29. The summed E-state index contributed by atoms with van der Waals surface area (Å²) in [5, 5.41) is 0. The number of halogens is 2. The van der Waals surface area contributed by atoms with Crippen molar-refractivity contribution < 1.29 is 32.6 Å². The van der Waals surface area contributed by atoms with Crippen LogP contribution in [0.15, 0.2) is 82.5 Å². The molecular weight excluding hydrogens is 466 g/mol. The molecular formula is C24H18F2N2O7. The first-order valence-electron chi connectivity index (χ1n) is 10.5. The van der Waals surface area contributed by atoms with Crippen LogP contribution in [-0.2, 0) is 14.2 Å². The minimum Gasteiger partial charge on any atom is -0.448 e. The van der Waals surface area contributed by atoms with Crippen molar-refractivity contribution in [3.63, 3.8) is 0 Å². The lowest BCUT2D eigenvalue weighted by Gasteiger charge is -2.31. The third-order valence-corrected chi connectivity index (χ3v) is 6.20. The van der Waals surface area contributed by atoms with Gasteiger partial charge in [0.15, 0.2) is 6.23 Å². The number of carbonyl (C=O) groups is 2. The first kappa shape index (κ1) is 22.7. The van der Waals surface area contributed by atoms with Gasteiger partial charge in [0, 0.05) is 12.3 Å². The van der Waals surface area contributed by atoms with Gasteiger partial charge in [-0.1, -0.05) is 36.4 Å². The van der Waals surface area contributed by atoms with Crippen molar-refractivity contribution in [1.29, 1.82) is 0 Å². The number of hydrogen-bond acceptors (Lipinski definition) is 7. The van der Waals surface area contributed by atoms with Crippen molar-refractivity contribution in [3.05, 3.63) is 105 Å². The van der Waals surface area contributed by atoms with E-state index in [9.17, 15) is 19.2 Å². The second-order valence-electron chi connectivity index (χ2n) is 8.35. The molecule has 0 spiro atoms. The Morgan fingerprint density at radius 2 is 1.51 bits per heavy atom. The van der Waals surface area contributed by atoms with E-state index in [1.807, 2.05) is 4.98 Å². The Labute approximate surface area is 195 Å². The molecule has 5 atom stereocenters. The molecule has 1 saturated heterocycles. The molecule has 0 radical (unpaired) electrons. The fraction of sp³-hybridized carbons (Fsp3) is 0.250. The number of nitrogens with zero attached hydrogens (tertiary/aromatic N) is 1. The van der Waals surface area contributed by atoms with Crippen LogP contribution in [-0.4, -0.2) is 44.7 Å². The second-order valence-corrected chi connectivity index (χ2v) is 8.35. The molecule has 2 aliphatic rings. The van der Waals surface area contributed by atoms with Gasteiger partial charge in [-0.2, -0.15) is 0 Å². The third kappa shape index (κ3) is 3.22. The van der Waals surface area contributed by atoms with E-state index in [1.165, 1.54) is 36.4 Å². The molecule has 180 valence electrons. The molecule has 1 aliphatic carbocycles. The van der Waals surface area contributed by atoms with Crippen molar-refractivity contribution in [3.8, 4) is 0 Å². The van der Waals surface area contributed by atoms with Crippen LogP contribution in [0.5, 0.6) is 0 Å². The number of nitrogens with one attached hydrogen (secondary N) is 1. The molecule has 1 N–H and O–H groups in total. The Kier molecular flexibility index (Phi) is 4.99. The van der Waals surface area contributed by atoms with E-state index in [1.54, 1.807) is 24.3 Å². The van der Waals surface area contributed by atoms with Crippen molar-refractivity contribution >= 4 is 11.9 Å². The molecule has 1 unspecified atom stereocenters. The SMILES string of the molecule is C[C@]1(F)[C@H](n2ccc(=O)[nH]c2=O)O[C@]2(F)C(OC(=O)c3ccccc3)[C@]12OC(=O)c1ccccc1. The standard InChI is InChI=1S/C24H18F2N2O7/c1-22(25)20(28-13-12-16(29)27-21(28)32)35-24(26)19(33-17(30)14-8-4-2-5-9-14)23(22,24)34-18(31)15-10-6-3-7-11-15/h2-13,19-20H,1H3,(H,27,29,32)/t19?,20-,22+,23+,24-/m1/s1. The number of rotatable bonds is 5. The zero-order valence-corrected chi connectivity index (χ0v) is 18.1. The number of benzene rings is 2. The Hall–Kier alpha value is -4.12. The molecule has 35 heavy (non-hydrogen) atoms. The minimum absolute atomic E-state index is 0.00952. The van der Waals surface area contributed by atoms with Gasteiger partial charge in [-0.05, 0) is 31.2 Å². The minimum atomic E-state index is -3.12. The number of alkyl halides is 2. The van der Waals surface area contributed by atoms with Crippen LogP contribution in [0.1, 0.15) is 33.9 Å². The number of carbonyl (C=O) groups excluding carboxylic acids is 2. The van der Waals surface area contributed by atoms with E-state index in [4.69, 9.17) is 14.2 Å². The summed E-state index contributed by atoms with van der Waals surface area (Å²) >= 11 is 0. The van der Waals surface area contributed by atoms with Crippen LogP contribution < -0.4 is 11.2 Å². The lowest BCUT2D eigenvalue weighted by molar-refractivity contribution is -0.163. The van der Waals surface area contributed by atoms with E-state index >= 15 is 8.78 Å². The van der Waals surface area contributed by atoms with E-state index in [0.717, 1.165) is 19.2 Å². The molecule has 11 heteroatoms. The molecule has 3 aromatic rings. The molecule has 1 saturated carbocycles. The quantitative estimate of drug-likeness (QED) is 0.553. The molecule has 2 heterocycles. The lowest BCUT2D eigenvalue weighted by Crippen LogP contribution is -2.50. The smallest absolute Gasteiger partial charge is 0.339 e. The fourth-order valence-corrected chi connectivity index (χ4v) is 4.40. The Balaban J connectivity index is 1.55. The van der Waals surface area contributed by atoms with Gasteiger partial charge in [-0.3, -0.25) is 14.3 Å². The molecule has 1 aromatic heterocycles. The van der Waals surface area contributed by atoms with Gasteiger partial charge in [-0.25, -0.2) is 23.2 Å². The summed E-state index contributed by atoms with van der Waals surface area (Å²) in [5.74, 6) is -5.20. The summed E-state index contributed by atoms with van der Waals surface area (Å²) in [5.41, 5.74) is -7.44. The number of aromatic nitrogens is 2. The Morgan fingerprint density at radius 1 is 0.943 bits per heavy atom. The summed E-state index contributed by atoms with van der Waals surface area (Å²) in [6.07, 6.45) is -3.00. The van der Waals surface area contributed by atoms with Crippen molar-refractivity contribution in [2.24, 2.45) is 0 Å². The molecule has 0 amide bonds. The maximum atomic E-state index is 16.5. The van der Waals surface area contributed by atoms with E-state index < -0.39 is 52.6 Å². The van der Waals surface area contributed by atoms with Gasteiger partial charge in [0.25, 0.3) is 17.0 Å². The Bertz CT molecular complexity index is 1420. The number of ether oxygens (including phenoxy) is 3. The van der Waals surface area contributed by atoms with E-state index in [2.05, 4.69) is 0 Å². The molecule has 5 rings (SSSR count). The van der Waals surface area contributed by atoms with Gasteiger partial charge < -0.3 is 14.2 Å². The summed E-state index contributed by atoms with van der Waals surface area (Å²) in [7, 11) is 0. The van der Waals surface area contributed by atoms with Crippen LogP contribution in [0.3, 0.4) is 0 Å². The monoisotopic (exact) mass is 484 g/mol. The van der Waals surface area contributed by atoms with E-state index in [0.29, 0.717) is 4.57 Å². The third-order valence-electron chi connectivity index (χ3n) is 6.20. The summed E-state index contributed by atoms with van der Waals surface area (Å²) in [4.78, 5) is 51.1. The highest BCUT2D eigenvalue weighted by molar-refractivity contribution is 5.91. The highest BCUT2D eigenvalue weighted by atomic mass is 19.2. The van der Waals surface area contributed by atoms with Crippen molar-refractivity contribution in [1.82, 2.24) is 9.55 Å². The molecule has 2 aromatic carbocycles. The lowest BCUT2D eigenvalue weighted by atomic mass is 9.96. The van der Waals surface area contributed by atoms with Crippen molar-refractivity contribution in [2.45, 2.75) is 36.4 Å². The van der Waals surface area contributed by atoms with Crippen LogP contribution in [0.2, 0.25) is 0 Å². The summed E-state index contributed by atoms with van der Waals surface area (Å²) < 4.78 is 49.2. The normalized spacial score (nSPS) is 30.8. The van der Waals surface area contributed by atoms with Gasteiger partial charge in [0.05, 0.1) is 11.1 Å². The van der Waals surface area contributed by atoms with Gasteiger partial charge >= 0.3 is 17.6 Å². The number of hydrogen-bond donors (Lipinski definition) is 1. The Morgan fingerprint density at radius 3 is 2.09 bits per heavy atom. The van der Waals surface area contributed by atoms with Gasteiger partial charge in [0.1, 0.15) is 0 Å². The first-order chi connectivity index (χ1) is 16.6. The zero-order chi connectivity index (χ0) is 25.0. The summed E-state index contributed by atoms with van der Waals surface area (Å²) in [6.45, 7) is 0.866. The number of esters is 2. The van der Waals surface area contributed by atoms with Gasteiger partial charge in [0.2, 0.25) is 11.8 Å². The van der Waals surface area contributed by atoms with Crippen LogP contribution in [0, 0.1) is 0 Å². The highest BCUT2D eigenvalue weighted by Gasteiger charge is 3.00. The van der Waals surface area contributed by atoms with Crippen LogP contribution in [0.25, 0.3) is 0 Å². The predicted molar refractivity (Wildman–Crippen MR) is 115 cm³/mol. The van der Waals surface area contributed by atoms with Crippen molar-refractivity contribution in [2.75, 3.05) is 0 Å². The number of aromatic amines is 1. The largest absolute Gasteiger partial charge is 0.448 e. The van der Waals surface area contributed by atoms with Crippen LogP contribution in [0.4, 0.5) is 8.78 Å². The fourth-order valence-electron chi connectivity index (χ4n) is 4.40. The maximum absolute atomic E-state index is 16.5. The average molecular weight is 484 g/mol. The highest BCUT2D eigenvalue weighted by Crippen LogP contribution is 2.72. The maximum Gasteiger partial charge on any atom is 0.339 e.